The Labute approximate surface area is 198 Å². The van der Waals surface area contributed by atoms with Crippen molar-refractivity contribution in [3.63, 3.8) is 0 Å². The Bertz CT molecular complexity index is 1210. The molecule has 0 spiro atoms. The Hall–Kier alpha value is -3.32. The van der Waals surface area contributed by atoms with Gasteiger partial charge in [-0.1, -0.05) is 55.9 Å². The summed E-state index contributed by atoms with van der Waals surface area (Å²) >= 11 is 1.42. The molecule has 33 heavy (non-hydrogen) atoms. The van der Waals surface area contributed by atoms with Gasteiger partial charge in [0.15, 0.2) is 5.17 Å². The normalized spacial score (nSPS) is 15.0. The van der Waals surface area contributed by atoms with Crippen LogP contribution in [0.5, 0.6) is 5.75 Å². The largest absolute Gasteiger partial charge is 0.497 e. The third kappa shape index (κ3) is 5.03. The number of ether oxygens (including phenoxy) is 1. The molecule has 2 heterocycles. The number of amidine groups is 1. The molecule has 3 aromatic rings. The molecule has 0 bridgehead atoms. The molecule has 0 saturated carbocycles. The van der Waals surface area contributed by atoms with Crippen molar-refractivity contribution in [2.45, 2.75) is 39.4 Å². The number of carbonyl (C=O) groups excluding carboxylic acids is 1. The van der Waals surface area contributed by atoms with Crippen molar-refractivity contribution in [3.8, 4) is 5.75 Å². The van der Waals surface area contributed by atoms with E-state index in [2.05, 4.69) is 36.0 Å². The summed E-state index contributed by atoms with van der Waals surface area (Å²) in [6, 6.07) is 15.6. The number of thioether (sulfide) groups is 1. The number of rotatable bonds is 6. The van der Waals surface area contributed by atoms with Crippen LogP contribution in [-0.4, -0.2) is 23.2 Å². The summed E-state index contributed by atoms with van der Waals surface area (Å²) in [5.74, 6) is 2.82. The summed E-state index contributed by atoms with van der Waals surface area (Å²) in [5.41, 5.74) is 4.14. The van der Waals surface area contributed by atoms with Gasteiger partial charge in [-0.2, -0.15) is 0 Å². The zero-order chi connectivity index (χ0) is 23.5. The Balaban J connectivity index is 1.66. The van der Waals surface area contributed by atoms with Gasteiger partial charge in [-0.25, -0.2) is 9.98 Å². The number of benzene rings is 2. The van der Waals surface area contributed by atoms with Gasteiger partial charge in [0.1, 0.15) is 17.2 Å². The first-order chi connectivity index (χ1) is 15.9. The van der Waals surface area contributed by atoms with Gasteiger partial charge in [0.05, 0.1) is 24.2 Å². The highest BCUT2D eigenvalue weighted by Gasteiger charge is 2.32. The maximum Gasteiger partial charge on any atom is 0.283 e. The third-order valence-corrected chi connectivity index (χ3v) is 6.37. The number of carbonyl (C=O) groups is 1. The smallest absolute Gasteiger partial charge is 0.283 e. The number of hydrogen-bond donors (Lipinski definition) is 0. The highest BCUT2D eigenvalue weighted by Crippen LogP contribution is 2.32. The van der Waals surface area contributed by atoms with Crippen LogP contribution in [0.1, 0.15) is 48.2 Å². The number of aryl methyl sites for hydroxylation is 2. The van der Waals surface area contributed by atoms with E-state index in [-0.39, 0.29) is 5.91 Å². The van der Waals surface area contributed by atoms with Crippen molar-refractivity contribution in [2.75, 3.05) is 12.0 Å². The van der Waals surface area contributed by atoms with Gasteiger partial charge in [0.25, 0.3) is 5.91 Å². The molecular weight excluding hydrogens is 434 g/mol. The first kappa shape index (κ1) is 22.9. The molecule has 4 rings (SSSR count). The van der Waals surface area contributed by atoms with Crippen molar-refractivity contribution < 1.29 is 13.9 Å². The van der Waals surface area contributed by atoms with E-state index in [9.17, 15) is 4.79 Å². The molecule has 0 fully saturated rings. The Morgan fingerprint density at radius 3 is 2.55 bits per heavy atom. The molecule has 1 aromatic heterocycles. The van der Waals surface area contributed by atoms with Crippen LogP contribution in [0.2, 0.25) is 0 Å². The van der Waals surface area contributed by atoms with Crippen molar-refractivity contribution in [1.29, 1.82) is 0 Å². The average Bonchev–Trinajstić information content (AvgIpc) is 3.30. The van der Waals surface area contributed by atoms with Crippen molar-refractivity contribution in [3.05, 3.63) is 82.7 Å². The lowest BCUT2D eigenvalue weighted by molar-refractivity contribution is -0.113. The minimum Gasteiger partial charge on any atom is -0.497 e. The number of amides is 1. The van der Waals surface area contributed by atoms with Gasteiger partial charge in [0, 0.05) is 6.07 Å². The van der Waals surface area contributed by atoms with Crippen LogP contribution >= 0.6 is 11.8 Å². The summed E-state index contributed by atoms with van der Waals surface area (Å²) in [5, 5.41) is 0.576. The van der Waals surface area contributed by atoms with Crippen molar-refractivity contribution in [1.82, 2.24) is 4.98 Å². The van der Waals surface area contributed by atoms with E-state index in [1.54, 1.807) is 12.0 Å². The number of anilines is 1. The quantitative estimate of drug-likeness (QED) is 0.415. The van der Waals surface area contributed by atoms with E-state index in [1.165, 1.54) is 17.3 Å². The molecule has 1 amide bonds. The van der Waals surface area contributed by atoms with Gasteiger partial charge in [-0.05, 0) is 49.1 Å². The highest BCUT2D eigenvalue weighted by molar-refractivity contribution is 8.13. The fourth-order valence-electron chi connectivity index (χ4n) is 3.43. The lowest BCUT2D eigenvalue weighted by Gasteiger charge is -2.18. The molecule has 0 N–H and O–H groups in total. The molecule has 7 heteroatoms. The first-order valence-corrected chi connectivity index (χ1v) is 11.8. The summed E-state index contributed by atoms with van der Waals surface area (Å²) in [7, 11) is 1.61. The standard InChI is InChI=1S/C26H27N3O3S/c1-16(2)20-11-9-19(10-12-20)13-23-25(30)29(21-7-6-8-22(14-21)31-5)26(28-23)33-15-24-27-17(3)18(4)32-24/h6-14,16H,15H2,1-5H3/b23-13-. The van der Waals surface area contributed by atoms with Crippen LogP contribution < -0.4 is 9.64 Å². The molecular formula is C26H27N3O3S. The SMILES string of the molecule is COc1cccc(N2C(=O)/C(=C/c3ccc(C(C)C)cc3)N=C2SCc2nc(C)c(C)o2)c1. The van der Waals surface area contributed by atoms with Crippen LogP contribution in [0, 0.1) is 13.8 Å². The zero-order valence-corrected chi connectivity index (χ0v) is 20.3. The molecule has 0 atom stereocenters. The van der Waals surface area contributed by atoms with Crippen LogP contribution in [0.15, 0.2) is 63.6 Å². The molecule has 6 nitrogen and oxygen atoms in total. The maximum absolute atomic E-state index is 13.4. The minimum absolute atomic E-state index is 0.182. The second kappa shape index (κ2) is 9.67. The van der Waals surface area contributed by atoms with Crippen LogP contribution in [0.4, 0.5) is 5.69 Å². The van der Waals surface area contributed by atoms with Crippen LogP contribution in [0.25, 0.3) is 6.08 Å². The van der Waals surface area contributed by atoms with Crippen LogP contribution in [-0.2, 0) is 10.5 Å². The lowest BCUT2D eigenvalue weighted by atomic mass is 10.0. The monoisotopic (exact) mass is 461 g/mol. The maximum atomic E-state index is 13.4. The Kier molecular flexibility index (Phi) is 6.70. The molecule has 0 saturated heterocycles. The fourth-order valence-corrected chi connectivity index (χ4v) is 4.29. The number of nitrogens with zero attached hydrogens (tertiary/aromatic N) is 3. The second-order valence-corrected chi connectivity index (χ2v) is 9.07. The third-order valence-electron chi connectivity index (χ3n) is 5.45. The average molecular weight is 462 g/mol. The molecule has 2 aromatic carbocycles. The zero-order valence-electron chi connectivity index (χ0n) is 19.5. The van der Waals surface area contributed by atoms with Crippen molar-refractivity contribution >= 4 is 34.6 Å². The van der Waals surface area contributed by atoms with E-state index in [4.69, 9.17) is 9.15 Å². The topological polar surface area (TPSA) is 67.9 Å². The van der Waals surface area contributed by atoms with E-state index >= 15 is 0 Å². The van der Waals surface area contributed by atoms with Gasteiger partial charge >= 0.3 is 0 Å². The van der Waals surface area contributed by atoms with Gasteiger partial charge in [0.2, 0.25) is 5.89 Å². The van der Waals surface area contributed by atoms with Gasteiger partial charge in [-0.15, -0.1) is 0 Å². The number of hydrogen-bond acceptors (Lipinski definition) is 6. The number of aliphatic imine (C=N–C) groups is 1. The molecule has 0 radical (unpaired) electrons. The molecule has 1 aliphatic heterocycles. The Morgan fingerprint density at radius 2 is 1.91 bits per heavy atom. The number of methoxy groups -OCH3 is 1. The van der Waals surface area contributed by atoms with E-state index < -0.39 is 0 Å². The summed E-state index contributed by atoms with van der Waals surface area (Å²) in [6.45, 7) is 8.12. The summed E-state index contributed by atoms with van der Waals surface area (Å²) in [4.78, 5) is 24.2. The molecule has 170 valence electrons. The van der Waals surface area contributed by atoms with E-state index in [0.29, 0.717) is 39.9 Å². The van der Waals surface area contributed by atoms with Crippen molar-refractivity contribution in [2.24, 2.45) is 4.99 Å². The Morgan fingerprint density at radius 1 is 1.15 bits per heavy atom. The predicted molar refractivity (Wildman–Crippen MR) is 134 cm³/mol. The predicted octanol–water partition coefficient (Wildman–Crippen LogP) is 6.10. The fraction of sp³-hybridized carbons (Fsp3) is 0.269. The lowest BCUT2D eigenvalue weighted by Crippen LogP contribution is -2.30. The van der Waals surface area contributed by atoms with Gasteiger partial charge < -0.3 is 9.15 Å². The first-order valence-electron chi connectivity index (χ1n) is 10.8. The molecule has 1 aliphatic rings. The molecule has 0 unspecified atom stereocenters. The second-order valence-electron chi connectivity index (χ2n) is 8.13. The summed E-state index contributed by atoms with van der Waals surface area (Å²) < 4.78 is 11.1. The van der Waals surface area contributed by atoms with Crippen LogP contribution in [0.3, 0.4) is 0 Å². The minimum atomic E-state index is -0.182. The number of oxazole rings is 1. The van der Waals surface area contributed by atoms with E-state index in [0.717, 1.165) is 17.0 Å². The highest BCUT2D eigenvalue weighted by atomic mass is 32.2. The van der Waals surface area contributed by atoms with E-state index in [1.807, 2.05) is 56.3 Å². The molecule has 0 aliphatic carbocycles. The number of aromatic nitrogens is 1. The summed E-state index contributed by atoms with van der Waals surface area (Å²) in [6.07, 6.45) is 1.83. The van der Waals surface area contributed by atoms with Gasteiger partial charge in [-0.3, -0.25) is 9.69 Å².